The highest BCUT2D eigenvalue weighted by Crippen LogP contribution is 2.28. The monoisotopic (exact) mass is 339 g/mol. The van der Waals surface area contributed by atoms with Gasteiger partial charge in [-0.15, -0.1) is 0 Å². The predicted molar refractivity (Wildman–Crippen MR) is 84.2 cm³/mol. The number of nitrogens with one attached hydrogen (secondary N) is 1. The molecule has 2 nitrogen and oxygen atoms in total. The van der Waals surface area contributed by atoms with E-state index in [1.54, 1.807) is 7.11 Å². The highest BCUT2D eigenvalue weighted by molar-refractivity contribution is 9.10. The zero-order chi connectivity index (χ0) is 13.8. The van der Waals surface area contributed by atoms with E-state index in [1.807, 2.05) is 24.3 Å². The maximum absolute atomic E-state index is 6.20. The van der Waals surface area contributed by atoms with Crippen LogP contribution in [0.1, 0.15) is 11.1 Å². The molecule has 0 aliphatic rings. The van der Waals surface area contributed by atoms with Crippen LogP contribution >= 0.6 is 27.5 Å². The normalized spacial score (nSPS) is 10.3. The van der Waals surface area contributed by atoms with Crippen LogP contribution in [0.4, 0.5) is 5.69 Å². The van der Waals surface area contributed by atoms with Crippen LogP contribution in [0.5, 0.6) is 5.75 Å². The van der Waals surface area contributed by atoms with Gasteiger partial charge in [0.05, 0.1) is 7.11 Å². The SMILES string of the molecule is COc1cccc(Cl)c1CNc1ccc(C)c(Br)c1. The molecule has 0 saturated heterocycles. The van der Waals surface area contributed by atoms with Crippen LogP contribution in [-0.4, -0.2) is 7.11 Å². The minimum Gasteiger partial charge on any atom is -0.496 e. The average Bonchev–Trinajstić information content (AvgIpc) is 2.41. The Labute approximate surface area is 126 Å². The summed E-state index contributed by atoms with van der Waals surface area (Å²) in [6, 6.07) is 11.8. The van der Waals surface area contributed by atoms with Gasteiger partial charge < -0.3 is 10.1 Å². The van der Waals surface area contributed by atoms with Crippen LogP contribution in [-0.2, 0) is 6.54 Å². The molecule has 0 aliphatic carbocycles. The molecular weight excluding hydrogens is 326 g/mol. The van der Waals surface area contributed by atoms with E-state index < -0.39 is 0 Å². The Morgan fingerprint density at radius 3 is 2.74 bits per heavy atom. The van der Waals surface area contributed by atoms with Crippen LogP contribution in [0.15, 0.2) is 40.9 Å². The summed E-state index contributed by atoms with van der Waals surface area (Å²) in [5, 5.41) is 4.06. The lowest BCUT2D eigenvalue weighted by molar-refractivity contribution is 0.410. The van der Waals surface area contributed by atoms with Gasteiger partial charge in [-0.1, -0.05) is 39.7 Å². The maximum Gasteiger partial charge on any atom is 0.125 e. The highest BCUT2D eigenvalue weighted by Gasteiger charge is 2.07. The molecule has 100 valence electrons. The van der Waals surface area contributed by atoms with Gasteiger partial charge in [0.1, 0.15) is 5.75 Å². The van der Waals surface area contributed by atoms with E-state index in [0.29, 0.717) is 11.6 Å². The molecule has 0 aromatic heterocycles. The van der Waals surface area contributed by atoms with Crippen LogP contribution < -0.4 is 10.1 Å². The molecule has 2 aromatic rings. The van der Waals surface area contributed by atoms with Crippen LogP contribution in [0, 0.1) is 6.92 Å². The Hall–Kier alpha value is -1.19. The number of ether oxygens (including phenoxy) is 1. The third kappa shape index (κ3) is 3.43. The van der Waals surface area contributed by atoms with Crippen LogP contribution in [0.25, 0.3) is 0 Å². The van der Waals surface area contributed by atoms with E-state index in [-0.39, 0.29) is 0 Å². The Balaban J connectivity index is 2.16. The van der Waals surface area contributed by atoms with Gasteiger partial charge in [0.15, 0.2) is 0 Å². The van der Waals surface area contributed by atoms with Crippen molar-refractivity contribution in [3.63, 3.8) is 0 Å². The van der Waals surface area contributed by atoms with Gasteiger partial charge in [0.2, 0.25) is 0 Å². The van der Waals surface area contributed by atoms with Gasteiger partial charge in [-0.3, -0.25) is 0 Å². The van der Waals surface area contributed by atoms with Gasteiger partial charge in [0, 0.05) is 27.3 Å². The van der Waals surface area contributed by atoms with Gasteiger partial charge in [-0.25, -0.2) is 0 Å². The minimum absolute atomic E-state index is 0.623. The lowest BCUT2D eigenvalue weighted by Gasteiger charge is -2.12. The second kappa shape index (κ2) is 6.31. The fraction of sp³-hybridized carbons (Fsp3) is 0.200. The standard InChI is InChI=1S/C15H15BrClNO/c1-10-6-7-11(8-13(10)16)18-9-12-14(17)4-3-5-15(12)19-2/h3-8,18H,9H2,1-2H3. The molecule has 0 radical (unpaired) electrons. The minimum atomic E-state index is 0.623. The fourth-order valence-corrected chi connectivity index (χ4v) is 2.41. The molecule has 4 heteroatoms. The molecule has 0 heterocycles. The third-order valence-electron chi connectivity index (χ3n) is 2.94. The van der Waals surface area contributed by atoms with Gasteiger partial charge >= 0.3 is 0 Å². The predicted octanol–water partition coefficient (Wildman–Crippen LogP) is 5.03. The average molecular weight is 341 g/mol. The molecule has 2 aromatic carbocycles. The molecule has 0 unspecified atom stereocenters. The molecule has 0 spiro atoms. The zero-order valence-electron chi connectivity index (χ0n) is 10.8. The topological polar surface area (TPSA) is 21.3 Å². The number of methoxy groups -OCH3 is 1. The summed E-state index contributed by atoms with van der Waals surface area (Å²) in [7, 11) is 1.65. The molecule has 2 rings (SSSR count). The second-order valence-electron chi connectivity index (χ2n) is 4.24. The lowest BCUT2D eigenvalue weighted by atomic mass is 10.2. The smallest absolute Gasteiger partial charge is 0.125 e. The summed E-state index contributed by atoms with van der Waals surface area (Å²) >= 11 is 9.73. The van der Waals surface area contributed by atoms with Crippen molar-refractivity contribution >= 4 is 33.2 Å². The summed E-state index contributed by atoms with van der Waals surface area (Å²) in [5.41, 5.74) is 3.21. The van der Waals surface area contributed by atoms with E-state index in [2.05, 4.69) is 40.3 Å². The summed E-state index contributed by atoms with van der Waals surface area (Å²) in [6.07, 6.45) is 0. The molecule has 0 aliphatic heterocycles. The first-order valence-electron chi connectivity index (χ1n) is 5.93. The molecule has 0 saturated carbocycles. The molecule has 0 fully saturated rings. The Morgan fingerprint density at radius 2 is 2.05 bits per heavy atom. The van der Waals surface area contributed by atoms with Crippen molar-refractivity contribution in [1.82, 2.24) is 0 Å². The number of halogens is 2. The van der Waals surface area contributed by atoms with E-state index in [0.717, 1.165) is 21.5 Å². The molecule has 0 bridgehead atoms. The third-order valence-corrected chi connectivity index (χ3v) is 4.15. The lowest BCUT2D eigenvalue weighted by Crippen LogP contribution is -2.02. The highest BCUT2D eigenvalue weighted by atomic mass is 79.9. The Bertz CT molecular complexity index is 586. The molecule has 0 amide bonds. The Kier molecular flexibility index (Phi) is 4.72. The van der Waals surface area contributed by atoms with Crippen molar-refractivity contribution in [2.45, 2.75) is 13.5 Å². The first-order valence-corrected chi connectivity index (χ1v) is 7.10. The Morgan fingerprint density at radius 1 is 1.26 bits per heavy atom. The van der Waals surface area contributed by atoms with E-state index in [1.165, 1.54) is 5.56 Å². The van der Waals surface area contributed by atoms with Crippen molar-refractivity contribution in [2.75, 3.05) is 12.4 Å². The van der Waals surface area contributed by atoms with Crippen molar-refractivity contribution < 1.29 is 4.74 Å². The molecule has 1 N–H and O–H groups in total. The first kappa shape index (κ1) is 14.2. The second-order valence-corrected chi connectivity index (χ2v) is 5.50. The maximum atomic E-state index is 6.20. The molecule has 0 atom stereocenters. The number of benzene rings is 2. The van der Waals surface area contributed by atoms with E-state index in [4.69, 9.17) is 16.3 Å². The number of aryl methyl sites for hydroxylation is 1. The molecular formula is C15H15BrClNO. The summed E-state index contributed by atoms with van der Waals surface area (Å²) in [4.78, 5) is 0. The number of hydrogen-bond donors (Lipinski definition) is 1. The summed E-state index contributed by atoms with van der Waals surface area (Å²) in [6.45, 7) is 2.68. The molecule has 19 heavy (non-hydrogen) atoms. The van der Waals surface area contributed by atoms with Gasteiger partial charge in [-0.2, -0.15) is 0 Å². The first-order chi connectivity index (χ1) is 9.11. The van der Waals surface area contributed by atoms with E-state index >= 15 is 0 Å². The van der Waals surface area contributed by atoms with Crippen LogP contribution in [0.3, 0.4) is 0 Å². The van der Waals surface area contributed by atoms with Crippen molar-refractivity contribution in [1.29, 1.82) is 0 Å². The van der Waals surface area contributed by atoms with Crippen molar-refractivity contribution in [2.24, 2.45) is 0 Å². The number of anilines is 1. The van der Waals surface area contributed by atoms with Gasteiger partial charge in [-0.05, 0) is 36.8 Å². The fourth-order valence-electron chi connectivity index (χ4n) is 1.79. The van der Waals surface area contributed by atoms with Gasteiger partial charge in [0.25, 0.3) is 0 Å². The van der Waals surface area contributed by atoms with Crippen LogP contribution in [0.2, 0.25) is 5.02 Å². The number of hydrogen-bond acceptors (Lipinski definition) is 2. The van der Waals surface area contributed by atoms with Crippen molar-refractivity contribution in [3.8, 4) is 5.75 Å². The van der Waals surface area contributed by atoms with Crippen molar-refractivity contribution in [3.05, 3.63) is 57.0 Å². The zero-order valence-corrected chi connectivity index (χ0v) is 13.2. The summed E-state index contributed by atoms with van der Waals surface area (Å²) in [5.74, 6) is 0.797. The summed E-state index contributed by atoms with van der Waals surface area (Å²) < 4.78 is 6.41. The van der Waals surface area contributed by atoms with E-state index in [9.17, 15) is 0 Å². The number of rotatable bonds is 4. The largest absolute Gasteiger partial charge is 0.496 e. The quantitative estimate of drug-likeness (QED) is 0.842.